The van der Waals surface area contributed by atoms with E-state index >= 15 is 0 Å². The molecule has 0 aliphatic rings. The molecule has 124 valence electrons. The summed E-state index contributed by atoms with van der Waals surface area (Å²) in [7, 11) is 4.32. The Hall–Kier alpha value is -1.60. The van der Waals surface area contributed by atoms with Crippen LogP contribution in [0.2, 0.25) is 0 Å². The van der Waals surface area contributed by atoms with E-state index < -0.39 is 0 Å². The van der Waals surface area contributed by atoms with Gasteiger partial charge in [-0.1, -0.05) is 67.9 Å². The van der Waals surface area contributed by atoms with Crippen molar-refractivity contribution >= 4 is 0 Å². The summed E-state index contributed by atoms with van der Waals surface area (Å²) >= 11 is 0. The Bertz CT molecular complexity index is 559. The lowest BCUT2D eigenvalue weighted by Crippen LogP contribution is -2.17. The van der Waals surface area contributed by atoms with E-state index in [1.165, 1.54) is 42.4 Å². The molecule has 2 aromatic rings. The molecule has 0 aliphatic heterocycles. The lowest BCUT2D eigenvalue weighted by atomic mass is 9.88. The van der Waals surface area contributed by atoms with E-state index in [4.69, 9.17) is 0 Å². The van der Waals surface area contributed by atoms with Crippen LogP contribution in [0.25, 0.3) is 0 Å². The molecular formula is C22H31N. The Labute approximate surface area is 142 Å². The van der Waals surface area contributed by atoms with Gasteiger partial charge in [-0.25, -0.2) is 0 Å². The average molecular weight is 309 g/mol. The zero-order chi connectivity index (χ0) is 16.5. The summed E-state index contributed by atoms with van der Waals surface area (Å²) in [6.45, 7) is 3.39. The maximum absolute atomic E-state index is 2.42. The fourth-order valence-corrected chi connectivity index (χ4v) is 3.10. The van der Waals surface area contributed by atoms with E-state index in [1.54, 1.807) is 0 Å². The summed E-state index contributed by atoms with van der Waals surface area (Å²) in [6, 6.07) is 20.2. The summed E-state index contributed by atoms with van der Waals surface area (Å²) < 4.78 is 0. The molecule has 0 bridgehead atoms. The molecule has 0 aromatic heterocycles. The SMILES string of the molecule is CCCCc1cccc(CC(CCN(C)C)c2ccccc2)c1. The van der Waals surface area contributed by atoms with Gasteiger partial charge in [0, 0.05) is 0 Å². The van der Waals surface area contributed by atoms with E-state index in [9.17, 15) is 0 Å². The summed E-state index contributed by atoms with van der Waals surface area (Å²) in [5.74, 6) is 0.597. The average Bonchev–Trinajstić information content (AvgIpc) is 2.57. The third kappa shape index (κ3) is 6.19. The fraction of sp³-hybridized carbons (Fsp3) is 0.455. The van der Waals surface area contributed by atoms with Gasteiger partial charge in [0.15, 0.2) is 0 Å². The van der Waals surface area contributed by atoms with Crippen LogP contribution in [0.3, 0.4) is 0 Å². The second kappa shape index (κ2) is 9.52. The van der Waals surface area contributed by atoms with Crippen molar-refractivity contribution in [2.24, 2.45) is 0 Å². The quantitative estimate of drug-likeness (QED) is 0.607. The van der Waals surface area contributed by atoms with Gasteiger partial charge in [-0.2, -0.15) is 0 Å². The molecule has 0 spiro atoms. The number of benzene rings is 2. The van der Waals surface area contributed by atoms with Crippen molar-refractivity contribution in [3.05, 3.63) is 71.3 Å². The lowest BCUT2D eigenvalue weighted by molar-refractivity contribution is 0.380. The first-order valence-corrected chi connectivity index (χ1v) is 8.96. The predicted molar refractivity (Wildman–Crippen MR) is 101 cm³/mol. The molecule has 0 aliphatic carbocycles. The Morgan fingerprint density at radius 3 is 2.35 bits per heavy atom. The van der Waals surface area contributed by atoms with Gasteiger partial charge in [-0.15, -0.1) is 0 Å². The molecule has 0 fully saturated rings. The highest BCUT2D eigenvalue weighted by atomic mass is 15.0. The first-order valence-electron chi connectivity index (χ1n) is 8.96. The van der Waals surface area contributed by atoms with Crippen LogP contribution in [-0.4, -0.2) is 25.5 Å². The first kappa shape index (κ1) is 17.7. The minimum absolute atomic E-state index is 0.597. The molecule has 1 heteroatoms. The number of hydrogen-bond donors (Lipinski definition) is 0. The maximum Gasteiger partial charge on any atom is -0.00189 e. The minimum Gasteiger partial charge on any atom is -0.309 e. The first-order chi connectivity index (χ1) is 11.2. The zero-order valence-electron chi connectivity index (χ0n) is 15.0. The highest BCUT2D eigenvalue weighted by Crippen LogP contribution is 2.25. The third-order valence-electron chi connectivity index (χ3n) is 4.49. The van der Waals surface area contributed by atoms with Crippen molar-refractivity contribution in [3.63, 3.8) is 0 Å². The van der Waals surface area contributed by atoms with Crippen LogP contribution >= 0.6 is 0 Å². The van der Waals surface area contributed by atoms with Crippen LogP contribution in [0, 0.1) is 0 Å². The molecular weight excluding hydrogens is 278 g/mol. The molecule has 23 heavy (non-hydrogen) atoms. The number of aryl methyl sites for hydroxylation is 1. The van der Waals surface area contributed by atoms with E-state index in [1.807, 2.05) is 0 Å². The van der Waals surface area contributed by atoms with Gasteiger partial charge in [0.2, 0.25) is 0 Å². The molecule has 0 amide bonds. The standard InChI is InChI=1S/C22H31N/c1-4-5-10-19-11-9-12-20(17-19)18-22(15-16-23(2)3)21-13-7-6-8-14-21/h6-9,11-14,17,22H,4-5,10,15-16,18H2,1-3H3. The molecule has 2 rings (SSSR count). The van der Waals surface area contributed by atoms with Crippen molar-refractivity contribution in [1.82, 2.24) is 4.90 Å². The van der Waals surface area contributed by atoms with E-state index in [-0.39, 0.29) is 0 Å². The zero-order valence-corrected chi connectivity index (χ0v) is 15.0. The second-order valence-electron chi connectivity index (χ2n) is 6.83. The predicted octanol–water partition coefficient (Wildman–Crippen LogP) is 5.31. The molecule has 0 saturated heterocycles. The molecule has 1 nitrogen and oxygen atoms in total. The van der Waals surface area contributed by atoms with E-state index in [0.717, 1.165) is 13.0 Å². The largest absolute Gasteiger partial charge is 0.309 e. The van der Waals surface area contributed by atoms with Crippen molar-refractivity contribution in [1.29, 1.82) is 0 Å². The van der Waals surface area contributed by atoms with E-state index in [2.05, 4.69) is 80.5 Å². The Morgan fingerprint density at radius 1 is 0.913 bits per heavy atom. The number of unbranched alkanes of at least 4 members (excludes halogenated alkanes) is 1. The number of nitrogens with zero attached hydrogens (tertiary/aromatic N) is 1. The normalized spacial score (nSPS) is 12.5. The molecule has 0 saturated carbocycles. The van der Waals surface area contributed by atoms with Gasteiger partial charge < -0.3 is 4.90 Å². The molecule has 1 atom stereocenters. The third-order valence-corrected chi connectivity index (χ3v) is 4.49. The van der Waals surface area contributed by atoms with Crippen LogP contribution in [0.1, 0.15) is 48.8 Å². The fourth-order valence-electron chi connectivity index (χ4n) is 3.10. The van der Waals surface area contributed by atoms with Crippen LogP contribution in [-0.2, 0) is 12.8 Å². The summed E-state index contributed by atoms with van der Waals surface area (Å²) in [5.41, 5.74) is 4.43. The second-order valence-corrected chi connectivity index (χ2v) is 6.83. The molecule has 0 N–H and O–H groups in total. The van der Waals surface area contributed by atoms with Gasteiger partial charge in [0.25, 0.3) is 0 Å². The Kier molecular flexibility index (Phi) is 7.35. The van der Waals surface area contributed by atoms with Crippen molar-refractivity contribution in [3.8, 4) is 0 Å². The highest BCUT2D eigenvalue weighted by Gasteiger charge is 2.13. The molecule has 0 heterocycles. The highest BCUT2D eigenvalue weighted by molar-refractivity contribution is 5.27. The van der Waals surface area contributed by atoms with Gasteiger partial charge in [0.1, 0.15) is 0 Å². The van der Waals surface area contributed by atoms with Crippen molar-refractivity contribution < 1.29 is 0 Å². The molecule has 2 aromatic carbocycles. The topological polar surface area (TPSA) is 3.24 Å². The summed E-state index contributed by atoms with van der Waals surface area (Å²) in [5, 5.41) is 0. The smallest absolute Gasteiger partial charge is 0.00189 e. The van der Waals surface area contributed by atoms with Crippen LogP contribution in [0.15, 0.2) is 54.6 Å². The van der Waals surface area contributed by atoms with Crippen molar-refractivity contribution in [2.75, 3.05) is 20.6 Å². The van der Waals surface area contributed by atoms with Gasteiger partial charge in [0.05, 0.1) is 0 Å². The summed E-state index contributed by atoms with van der Waals surface area (Å²) in [6.07, 6.45) is 6.10. The maximum atomic E-state index is 2.42. The Morgan fingerprint density at radius 2 is 1.65 bits per heavy atom. The van der Waals surface area contributed by atoms with Crippen LogP contribution in [0.5, 0.6) is 0 Å². The van der Waals surface area contributed by atoms with E-state index in [0.29, 0.717) is 5.92 Å². The summed E-state index contributed by atoms with van der Waals surface area (Å²) in [4.78, 5) is 2.29. The van der Waals surface area contributed by atoms with Gasteiger partial charge in [-0.05, 0) is 68.9 Å². The van der Waals surface area contributed by atoms with Gasteiger partial charge >= 0.3 is 0 Å². The number of rotatable bonds is 9. The monoisotopic (exact) mass is 309 g/mol. The van der Waals surface area contributed by atoms with Gasteiger partial charge in [-0.3, -0.25) is 0 Å². The Balaban J connectivity index is 2.10. The number of hydrogen-bond acceptors (Lipinski definition) is 1. The van der Waals surface area contributed by atoms with Crippen molar-refractivity contribution in [2.45, 2.75) is 44.9 Å². The molecule has 0 radical (unpaired) electrons. The lowest BCUT2D eigenvalue weighted by Gasteiger charge is -2.20. The minimum atomic E-state index is 0.597. The van der Waals surface area contributed by atoms with Crippen LogP contribution < -0.4 is 0 Å². The molecule has 1 unspecified atom stereocenters. The van der Waals surface area contributed by atoms with Crippen LogP contribution in [0.4, 0.5) is 0 Å².